The van der Waals surface area contributed by atoms with Gasteiger partial charge >= 0.3 is 17.9 Å². The Balaban J connectivity index is 4.18. The zero-order valence-corrected chi connectivity index (χ0v) is 56.1. The summed E-state index contributed by atoms with van der Waals surface area (Å²) in [7, 11) is 5.96. The maximum absolute atomic E-state index is 13.0. The molecule has 0 aliphatic heterocycles. The van der Waals surface area contributed by atoms with Crippen LogP contribution in [-0.4, -0.2) is 87.4 Å². The molecule has 0 aliphatic rings. The van der Waals surface area contributed by atoms with E-state index in [0.717, 1.165) is 135 Å². The molecule has 0 heterocycles. The van der Waals surface area contributed by atoms with Crippen molar-refractivity contribution in [3.05, 3.63) is 158 Å². The summed E-state index contributed by atoms with van der Waals surface area (Å²) in [4.78, 5) is 37.6. The number of likely N-dealkylation sites (N-methyl/N-ethyl adjacent to an activating group) is 1. The molecule has 0 radical (unpaired) electrons. The molecule has 0 saturated carbocycles. The Morgan fingerprint density at radius 1 is 0.345 bits per heavy atom. The molecule has 9 nitrogen and oxygen atoms in total. The highest BCUT2D eigenvalue weighted by Crippen LogP contribution is 2.16. The van der Waals surface area contributed by atoms with Crippen molar-refractivity contribution in [2.75, 3.05) is 47.5 Å². The number of carboxylic acid groups (broad SMARTS) is 1. The van der Waals surface area contributed by atoms with Gasteiger partial charge in [-0.05, 0) is 122 Å². The van der Waals surface area contributed by atoms with Gasteiger partial charge in [-0.15, -0.1) is 0 Å². The van der Waals surface area contributed by atoms with Crippen LogP contribution in [0.4, 0.5) is 0 Å². The lowest BCUT2D eigenvalue weighted by molar-refractivity contribution is -0.870. The highest BCUT2D eigenvalue weighted by atomic mass is 16.7. The molecule has 0 rings (SSSR count). The first-order chi connectivity index (χ1) is 42.6. The summed E-state index contributed by atoms with van der Waals surface area (Å²) in [5.41, 5.74) is 0. The second-order valence-electron chi connectivity index (χ2n) is 23.7. The molecule has 0 aliphatic carbocycles. The van der Waals surface area contributed by atoms with Crippen molar-refractivity contribution in [2.45, 2.75) is 270 Å². The molecule has 9 heteroatoms. The average Bonchev–Trinajstić information content (AvgIpc) is 3.56. The summed E-state index contributed by atoms with van der Waals surface area (Å²) in [5.74, 6) is -2.03. The number of aliphatic carboxylic acids is 1. The Hall–Kier alpha value is -5.09. The fourth-order valence-electron chi connectivity index (χ4n) is 9.06. The molecule has 0 aromatic rings. The summed E-state index contributed by atoms with van der Waals surface area (Å²) < 4.78 is 23.0. The summed E-state index contributed by atoms with van der Waals surface area (Å²) in [5, 5.41) is 9.75. The third-order valence-electron chi connectivity index (χ3n) is 14.3. The highest BCUT2D eigenvalue weighted by molar-refractivity contribution is 5.71. The van der Waals surface area contributed by atoms with Gasteiger partial charge in [0.1, 0.15) is 13.2 Å². The second-order valence-corrected chi connectivity index (χ2v) is 23.7. The number of allylic oxidation sites excluding steroid dienone is 26. The minimum absolute atomic E-state index is 0.178. The number of carbonyl (C=O) groups is 3. The largest absolute Gasteiger partial charge is 0.477 e. The van der Waals surface area contributed by atoms with Gasteiger partial charge < -0.3 is 28.5 Å². The van der Waals surface area contributed by atoms with Gasteiger partial charge in [-0.1, -0.05) is 281 Å². The zero-order chi connectivity index (χ0) is 63.3. The Labute approximate surface area is 534 Å². The van der Waals surface area contributed by atoms with Crippen LogP contribution in [-0.2, 0) is 33.3 Å². The van der Waals surface area contributed by atoms with E-state index in [2.05, 4.69) is 172 Å². The van der Waals surface area contributed by atoms with Gasteiger partial charge in [0.15, 0.2) is 6.10 Å². The summed E-state index contributed by atoms with van der Waals surface area (Å²) in [6.07, 6.45) is 96.3. The van der Waals surface area contributed by atoms with Crippen molar-refractivity contribution in [2.24, 2.45) is 0 Å². The average molecular weight is 1210 g/mol. The Morgan fingerprint density at radius 3 is 0.920 bits per heavy atom. The van der Waals surface area contributed by atoms with Crippen LogP contribution in [0.3, 0.4) is 0 Å². The number of hydrogen-bond acceptors (Lipinski definition) is 7. The van der Waals surface area contributed by atoms with Crippen LogP contribution in [0.1, 0.15) is 258 Å². The molecule has 0 spiro atoms. The molecule has 0 saturated heterocycles. The lowest BCUT2D eigenvalue weighted by Gasteiger charge is -2.25. The molecular formula is C78H128NO8+. The number of ether oxygens (including phenoxy) is 4. The van der Waals surface area contributed by atoms with Crippen LogP contribution in [0.2, 0.25) is 0 Å². The van der Waals surface area contributed by atoms with E-state index in [-0.39, 0.29) is 38.6 Å². The number of unbranched alkanes of at least 4 members (excludes halogenated alkanes) is 21. The van der Waals surface area contributed by atoms with E-state index in [1.807, 2.05) is 21.1 Å². The smallest absolute Gasteiger partial charge is 0.361 e. The van der Waals surface area contributed by atoms with E-state index in [9.17, 15) is 19.5 Å². The Kier molecular flexibility index (Phi) is 62.9. The van der Waals surface area contributed by atoms with Gasteiger partial charge in [0.25, 0.3) is 6.29 Å². The topological polar surface area (TPSA) is 108 Å². The van der Waals surface area contributed by atoms with Crippen molar-refractivity contribution >= 4 is 17.9 Å². The van der Waals surface area contributed by atoms with Gasteiger partial charge in [-0.2, -0.15) is 0 Å². The summed E-state index contributed by atoms with van der Waals surface area (Å²) >= 11 is 0. The lowest BCUT2D eigenvalue weighted by atomic mass is 10.0. The molecule has 0 aromatic heterocycles. The molecule has 0 amide bonds. The van der Waals surface area contributed by atoms with Crippen LogP contribution in [0.15, 0.2) is 158 Å². The third-order valence-corrected chi connectivity index (χ3v) is 14.3. The van der Waals surface area contributed by atoms with E-state index in [1.165, 1.54) is 89.9 Å². The van der Waals surface area contributed by atoms with Crippen LogP contribution >= 0.6 is 0 Å². The van der Waals surface area contributed by atoms with E-state index < -0.39 is 24.3 Å². The van der Waals surface area contributed by atoms with Crippen molar-refractivity contribution in [3.8, 4) is 0 Å². The van der Waals surface area contributed by atoms with Gasteiger partial charge in [0.2, 0.25) is 0 Å². The molecule has 87 heavy (non-hydrogen) atoms. The third kappa shape index (κ3) is 68.3. The molecule has 1 N–H and O–H groups in total. The number of quaternary nitrogens is 1. The molecule has 0 bridgehead atoms. The molecular weight excluding hydrogens is 1080 g/mol. The monoisotopic (exact) mass is 1210 g/mol. The van der Waals surface area contributed by atoms with Crippen LogP contribution in [0.25, 0.3) is 0 Å². The maximum atomic E-state index is 13.0. The van der Waals surface area contributed by atoms with Crippen LogP contribution < -0.4 is 0 Å². The van der Waals surface area contributed by atoms with Crippen LogP contribution in [0, 0.1) is 0 Å². The van der Waals surface area contributed by atoms with E-state index in [1.54, 1.807) is 0 Å². The minimum Gasteiger partial charge on any atom is -0.477 e. The summed E-state index contributed by atoms with van der Waals surface area (Å²) in [6.45, 7) is 4.63. The molecule has 2 atom stereocenters. The number of carbonyl (C=O) groups excluding carboxylic acids is 2. The molecule has 2 unspecified atom stereocenters. The van der Waals surface area contributed by atoms with Gasteiger partial charge in [-0.25, -0.2) is 4.79 Å². The predicted octanol–water partition coefficient (Wildman–Crippen LogP) is 21.7. The first-order valence-electron chi connectivity index (χ1n) is 34.6. The molecule has 0 fully saturated rings. The quantitative estimate of drug-likeness (QED) is 0.0211. The minimum atomic E-state index is -1.52. The first-order valence-corrected chi connectivity index (χ1v) is 34.6. The van der Waals surface area contributed by atoms with Crippen molar-refractivity contribution in [3.63, 3.8) is 0 Å². The molecule has 492 valence electrons. The van der Waals surface area contributed by atoms with Crippen molar-refractivity contribution < 1.29 is 42.9 Å². The van der Waals surface area contributed by atoms with Gasteiger partial charge in [0.05, 0.1) is 34.4 Å². The Bertz CT molecular complexity index is 1990. The number of hydrogen-bond donors (Lipinski definition) is 1. The van der Waals surface area contributed by atoms with Crippen LogP contribution in [0.5, 0.6) is 0 Å². The SMILES string of the molecule is CC/C=C\C/C=C\C/C=C\C/C=C\C/C=C\C/C=C\C/C=C\CCCCCCCCCCCCCCCC(=O)OC(COC(=O)CCCCCCCCCC/C=C\C/C=C\C/C=C\C/C=C\C/C=C\C/C=C\CC)COC(OCC[N+](C)(C)C)C(=O)O. The Morgan fingerprint density at radius 2 is 0.621 bits per heavy atom. The standard InChI is InChI=1S/C78H127NO8/c1-6-8-10-12-14-16-18-20-22-24-26-28-30-32-34-35-36-37-38-39-40-41-43-45-47-49-51-53-55-57-59-61-63-65-67-69-76(81)87-74(73-86-78(77(82)83)84-71-70-79(3,4)5)72-85-75(80)68-66-64-62-60-58-56-54-52-50-48-46-44-42-33-31-29-27-25-23-21-19-17-15-13-11-9-7-2/h8-11,14-17,20-23,26-29,32-34,36-37,39-40,42,46,48,74,78H,6-7,12-13,18-19,24-25,30-31,35,38,41,43-45,47,49-73H2,1-5H3/p+1/b10-8-,11-9-,16-14-,17-15-,22-20-,23-21-,28-26-,29-27-,34-32-,37-36-,40-39-,42-33-,48-46-. The van der Waals surface area contributed by atoms with Gasteiger partial charge in [0, 0.05) is 12.8 Å². The fraction of sp³-hybridized carbons (Fsp3) is 0.628. The lowest BCUT2D eigenvalue weighted by Crippen LogP contribution is -2.40. The van der Waals surface area contributed by atoms with E-state index in [0.29, 0.717) is 17.4 Å². The van der Waals surface area contributed by atoms with Gasteiger partial charge in [-0.3, -0.25) is 9.59 Å². The summed E-state index contributed by atoms with van der Waals surface area (Å²) in [6, 6.07) is 0. The normalized spacial score (nSPS) is 13.7. The van der Waals surface area contributed by atoms with Crippen molar-refractivity contribution in [1.29, 1.82) is 0 Å². The zero-order valence-electron chi connectivity index (χ0n) is 56.1. The number of esters is 2. The van der Waals surface area contributed by atoms with Crippen molar-refractivity contribution in [1.82, 2.24) is 0 Å². The number of carboxylic acids is 1. The predicted molar refractivity (Wildman–Crippen MR) is 373 cm³/mol. The number of rotatable bonds is 62. The first kappa shape index (κ1) is 81.9. The second kappa shape index (κ2) is 66.9. The fourth-order valence-corrected chi connectivity index (χ4v) is 9.06. The number of nitrogens with zero attached hydrogens (tertiary/aromatic N) is 1. The van der Waals surface area contributed by atoms with E-state index >= 15 is 0 Å². The molecule has 0 aromatic carbocycles. The highest BCUT2D eigenvalue weighted by Gasteiger charge is 2.25. The van der Waals surface area contributed by atoms with E-state index in [4.69, 9.17) is 18.9 Å². The maximum Gasteiger partial charge on any atom is 0.361 e.